The monoisotopic (exact) mass is 124 g/mol. The standard InChI is InChI=1S/C8H9F/c1-7-3-2-4-8(9)6-5-7/h4-6H,1-3H2. The van der Waals surface area contributed by atoms with Gasteiger partial charge >= 0.3 is 0 Å². The van der Waals surface area contributed by atoms with Gasteiger partial charge in [-0.05, 0) is 25.0 Å². The van der Waals surface area contributed by atoms with Crippen LogP contribution < -0.4 is 0 Å². The third-order valence-electron chi connectivity index (χ3n) is 1.28. The highest BCUT2D eigenvalue weighted by Gasteiger charge is 1.95. The first-order valence-corrected chi connectivity index (χ1v) is 3.00. The number of halogens is 1. The molecule has 0 spiro atoms. The number of hydrogen-bond acceptors (Lipinski definition) is 0. The first kappa shape index (κ1) is 6.27. The largest absolute Gasteiger partial charge is 0.207 e. The molecule has 0 saturated carbocycles. The molecular weight excluding hydrogens is 115 g/mol. The summed E-state index contributed by atoms with van der Waals surface area (Å²) >= 11 is 0. The van der Waals surface area contributed by atoms with Gasteiger partial charge in [0.2, 0.25) is 0 Å². The molecule has 0 heterocycles. The Kier molecular flexibility index (Phi) is 1.83. The van der Waals surface area contributed by atoms with Crippen molar-refractivity contribution in [3.63, 3.8) is 0 Å². The first-order valence-electron chi connectivity index (χ1n) is 3.00. The highest BCUT2D eigenvalue weighted by Crippen LogP contribution is 2.13. The Morgan fingerprint density at radius 3 is 3.00 bits per heavy atom. The minimum atomic E-state index is -0.145. The van der Waals surface area contributed by atoms with E-state index < -0.39 is 0 Å². The Morgan fingerprint density at radius 1 is 1.44 bits per heavy atom. The fraction of sp³-hybridized carbons (Fsp3) is 0.250. The fourth-order valence-electron chi connectivity index (χ4n) is 0.744. The summed E-state index contributed by atoms with van der Waals surface area (Å²) in [6.07, 6.45) is 6.41. The average molecular weight is 124 g/mol. The predicted octanol–water partition coefficient (Wildman–Crippen LogP) is 2.75. The van der Waals surface area contributed by atoms with Crippen molar-refractivity contribution >= 4 is 0 Å². The minimum absolute atomic E-state index is 0.145. The van der Waals surface area contributed by atoms with Crippen LogP contribution in [0.4, 0.5) is 4.39 Å². The van der Waals surface area contributed by atoms with E-state index in [1.54, 1.807) is 12.2 Å². The summed E-state index contributed by atoms with van der Waals surface area (Å²) in [7, 11) is 0. The highest BCUT2D eigenvalue weighted by atomic mass is 19.1. The SMILES string of the molecule is C=C1C=CC(F)=CCC1. The van der Waals surface area contributed by atoms with Gasteiger partial charge in [-0.2, -0.15) is 0 Å². The number of hydrogen-bond donors (Lipinski definition) is 0. The maximum atomic E-state index is 12.4. The average Bonchev–Trinajstić information content (AvgIpc) is 1.97. The van der Waals surface area contributed by atoms with E-state index in [4.69, 9.17) is 0 Å². The van der Waals surface area contributed by atoms with Crippen LogP contribution in [0.15, 0.2) is 36.2 Å². The summed E-state index contributed by atoms with van der Waals surface area (Å²) < 4.78 is 12.4. The molecule has 0 N–H and O–H groups in total. The van der Waals surface area contributed by atoms with Crippen molar-refractivity contribution < 1.29 is 4.39 Å². The van der Waals surface area contributed by atoms with Gasteiger partial charge in [-0.3, -0.25) is 0 Å². The molecule has 0 bridgehead atoms. The van der Waals surface area contributed by atoms with Crippen molar-refractivity contribution in [2.24, 2.45) is 0 Å². The van der Waals surface area contributed by atoms with Crippen LogP contribution in [0.1, 0.15) is 12.8 Å². The Labute approximate surface area is 54.4 Å². The summed E-state index contributed by atoms with van der Waals surface area (Å²) in [6.45, 7) is 3.72. The van der Waals surface area contributed by atoms with Crippen LogP contribution in [-0.4, -0.2) is 0 Å². The quantitative estimate of drug-likeness (QED) is 0.465. The molecule has 0 nitrogen and oxygen atoms in total. The molecule has 0 aromatic rings. The second kappa shape index (κ2) is 2.62. The third kappa shape index (κ3) is 1.84. The summed E-state index contributed by atoms with van der Waals surface area (Å²) in [4.78, 5) is 0. The number of allylic oxidation sites excluding steroid dienone is 5. The normalized spacial score (nSPS) is 19.2. The van der Waals surface area contributed by atoms with Gasteiger partial charge in [0.1, 0.15) is 5.83 Å². The smallest absolute Gasteiger partial charge is 0.119 e. The summed E-state index contributed by atoms with van der Waals surface area (Å²) in [6, 6.07) is 0. The second-order valence-corrected chi connectivity index (χ2v) is 2.12. The molecule has 9 heavy (non-hydrogen) atoms. The van der Waals surface area contributed by atoms with Gasteiger partial charge in [-0.1, -0.05) is 18.2 Å². The van der Waals surface area contributed by atoms with E-state index in [9.17, 15) is 4.39 Å². The maximum absolute atomic E-state index is 12.4. The van der Waals surface area contributed by atoms with E-state index in [1.165, 1.54) is 6.08 Å². The van der Waals surface area contributed by atoms with Gasteiger partial charge < -0.3 is 0 Å². The Bertz CT molecular complexity index is 175. The van der Waals surface area contributed by atoms with Gasteiger partial charge in [0.25, 0.3) is 0 Å². The van der Waals surface area contributed by atoms with Crippen LogP contribution in [0.25, 0.3) is 0 Å². The predicted molar refractivity (Wildman–Crippen MR) is 36.7 cm³/mol. The molecule has 1 rings (SSSR count). The lowest BCUT2D eigenvalue weighted by Crippen LogP contribution is -1.69. The molecule has 1 aliphatic rings. The lowest BCUT2D eigenvalue weighted by atomic mass is 10.2. The molecule has 0 atom stereocenters. The molecule has 0 radical (unpaired) electrons. The van der Waals surface area contributed by atoms with Crippen LogP contribution in [0.2, 0.25) is 0 Å². The fourth-order valence-corrected chi connectivity index (χ4v) is 0.744. The van der Waals surface area contributed by atoms with E-state index in [2.05, 4.69) is 6.58 Å². The van der Waals surface area contributed by atoms with Crippen LogP contribution in [-0.2, 0) is 0 Å². The molecule has 0 saturated heterocycles. The molecule has 0 aromatic heterocycles. The van der Waals surface area contributed by atoms with Gasteiger partial charge in [0.05, 0.1) is 0 Å². The molecular formula is C8H9F. The van der Waals surface area contributed by atoms with Gasteiger partial charge in [0, 0.05) is 0 Å². The van der Waals surface area contributed by atoms with E-state index in [0.29, 0.717) is 0 Å². The molecule has 1 aliphatic carbocycles. The van der Waals surface area contributed by atoms with Gasteiger partial charge in [0.15, 0.2) is 0 Å². The molecule has 1 heteroatoms. The van der Waals surface area contributed by atoms with Gasteiger partial charge in [-0.15, -0.1) is 0 Å². The zero-order chi connectivity index (χ0) is 6.69. The van der Waals surface area contributed by atoms with Gasteiger partial charge in [-0.25, -0.2) is 4.39 Å². The van der Waals surface area contributed by atoms with Crippen molar-refractivity contribution in [1.82, 2.24) is 0 Å². The molecule has 0 fully saturated rings. The maximum Gasteiger partial charge on any atom is 0.119 e. The molecule has 0 amide bonds. The summed E-state index contributed by atoms with van der Waals surface area (Å²) in [5, 5.41) is 0. The first-order chi connectivity index (χ1) is 4.29. The van der Waals surface area contributed by atoms with Crippen molar-refractivity contribution in [1.29, 1.82) is 0 Å². The summed E-state index contributed by atoms with van der Waals surface area (Å²) in [5.74, 6) is -0.145. The van der Waals surface area contributed by atoms with E-state index in [-0.39, 0.29) is 5.83 Å². The van der Waals surface area contributed by atoms with Crippen molar-refractivity contribution in [3.8, 4) is 0 Å². The van der Waals surface area contributed by atoms with Crippen molar-refractivity contribution in [3.05, 3.63) is 36.2 Å². The Morgan fingerprint density at radius 2 is 2.22 bits per heavy atom. The second-order valence-electron chi connectivity index (χ2n) is 2.12. The lowest BCUT2D eigenvalue weighted by molar-refractivity contribution is 0.661. The lowest BCUT2D eigenvalue weighted by Gasteiger charge is -1.88. The Hall–Kier alpha value is -0.850. The van der Waals surface area contributed by atoms with Crippen molar-refractivity contribution in [2.45, 2.75) is 12.8 Å². The Balaban J connectivity index is 2.69. The number of rotatable bonds is 0. The van der Waals surface area contributed by atoms with E-state index in [0.717, 1.165) is 18.4 Å². The van der Waals surface area contributed by atoms with Crippen molar-refractivity contribution in [2.75, 3.05) is 0 Å². The van der Waals surface area contributed by atoms with Crippen LogP contribution in [0, 0.1) is 0 Å². The zero-order valence-electron chi connectivity index (χ0n) is 5.23. The molecule has 0 aromatic carbocycles. The highest BCUT2D eigenvalue weighted by molar-refractivity contribution is 5.25. The summed E-state index contributed by atoms with van der Waals surface area (Å²) in [5.41, 5.74) is 0.999. The molecule has 48 valence electrons. The zero-order valence-corrected chi connectivity index (χ0v) is 5.23. The molecule has 0 aliphatic heterocycles. The minimum Gasteiger partial charge on any atom is -0.207 e. The molecule has 0 unspecified atom stereocenters. The van der Waals surface area contributed by atoms with Crippen LogP contribution in [0.5, 0.6) is 0 Å². The van der Waals surface area contributed by atoms with E-state index in [1.807, 2.05) is 0 Å². The van der Waals surface area contributed by atoms with E-state index >= 15 is 0 Å². The van der Waals surface area contributed by atoms with Crippen LogP contribution >= 0.6 is 0 Å². The topological polar surface area (TPSA) is 0 Å². The van der Waals surface area contributed by atoms with Crippen LogP contribution in [0.3, 0.4) is 0 Å². The third-order valence-corrected chi connectivity index (χ3v) is 1.28.